The van der Waals surface area contributed by atoms with Crippen LogP contribution in [-0.4, -0.2) is 25.1 Å². The fourth-order valence-electron chi connectivity index (χ4n) is 1.97. The summed E-state index contributed by atoms with van der Waals surface area (Å²) in [6.45, 7) is 0. The number of methoxy groups -OCH3 is 1. The number of nitrogens with zero attached hydrogens (tertiary/aromatic N) is 1. The highest BCUT2D eigenvalue weighted by Crippen LogP contribution is 2.23. The molecule has 2 aromatic carbocycles. The number of ether oxygens (including phenoxy) is 1. The molecule has 0 fully saturated rings. The van der Waals surface area contributed by atoms with E-state index < -0.39 is 5.91 Å². The molecule has 2 rings (SSSR count). The number of benzene rings is 2. The van der Waals surface area contributed by atoms with Crippen molar-refractivity contribution in [3.05, 3.63) is 59.9 Å². The van der Waals surface area contributed by atoms with Crippen LogP contribution in [0, 0.1) is 5.82 Å². The molecule has 0 bridgehead atoms. The summed E-state index contributed by atoms with van der Waals surface area (Å²) in [5, 5.41) is 6.45. The Balaban J connectivity index is 1.75. The first kappa shape index (κ1) is 18.1. The number of anilines is 1. The minimum atomic E-state index is -0.395. The first-order chi connectivity index (χ1) is 12.1. The number of hydrogen-bond donors (Lipinski definition) is 2. The highest BCUT2D eigenvalue weighted by molar-refractivity contribution is 5.94. The number of halogens is 1. The molecule has 0 spiro atoms. The zero-order chi connectivity index (χ0) is 18.1. The highest BCUT2D eigenvalue weighted by Gasteiger charge is 2.09. The number of carbonyl (C=O) groups is 2. The number of nitrogens with one attached hydrogen (secondary N) is 2. The van der Waals surface area contributed by atoms with Crippen molar-refractivity contribution >= 4 is 23.7 Å². The maximum atomic E-state index is 12.8. The molecule has 0 atom stereocenters. The molecular weight excluding hydrogens is 325 g/mol. The molecule has 7 heteroatoms. The molecule has 130 valence electrons. The van der Waals surface area contributed by atoms with Gasteiger partial charge in [-0.1, -0.05) is 24.3 Å². The van der Waals surface area contributed by atoms with Gasteiger partial charge in [0.15, 0.2) is 0 Å². The van der Waals surface area contributed by atoms with Crippen molar-refractivity contribution in [2.24, 2.45) is 5.10 Å². The summed E-state index contributed by atoms with van der Waals surface area (Å²) in [6, 6.07) is 12.7. The van der Waals surface area contributed by atoms with Crippen molar-refractivity contribution in [2.45, 2.75) is 12.8 Å². The zero-order valence-corrected chi connectivity index (χ0v) is 13.7. The van der Waals surface area contributed by atoms with Crippen molar-refractivity contribution in [3.8, 4) is 5.75 Å². The van der Waals surface area contributed by atoms with E-state index in [1.165, 1.54) is 37.6 Å². The van der Waals surface area contributed by atoms with Gasteiger partial charge < -0.3 is 10.1 Å². The van der Waals surface area contributed by atoms with Crippen LogP contribution >= 0.6 is 0 Å². The molecule has 0 aromatic heterocycles. The molecule has 0 aliphatic rings. The van der Waals surface area contributed by atoms with Crippen LogP contribution in [0.1, 0.15) is 18.4 Å². The normalized spacial score (nSPS) is 10.5. The zero-order valence-electron chi connectivity index (χ0n) is 13.7. The Hall–Kier alpha value is -3.22. The third-order valence-corrected chi connectivity index (χ3v) is 3.23. The van der Waals surface area contributed by atoms with Crippen molar-refractivity contribution in [3.63, 3.8) is 0 Å². The number of hydrazone groups is 1. The fourth-order valence-corrected chi connectivity index (χ4v) is 1.97. The van der Waals surface area contributed by atoms with Crippen LogP contribution in [0.4, 0.5) is 10.1 Å². The smallest absolute Gasteiger partial charge is 0.240 e. The molecule has 25 heavy (non-hydrogen) atoms. The molecule has 0 heterocycles. The molecule has 0 saturated carbocycles. The Morgan fingerprint density at radius 3 is 2.48 bits per heavy atom. The van der Waals surface area contributed by atoms with E-state index in [0.717, 1.165) is 0 Å². The number of amides is 2. The fraction of sp³-hybridized carbons (Fsp3) is 0.167. The topological polar surface area (TPSA) is 79.8 Å². The summed E-state index contributed by atoms with van der Waals surface area (Å²) in [5.41, 5.74) is 3.51. The van der Waals surface area contributed by atoms with Crippen molar-refractivity contribution in [1.29, 1.82) is 0 Å². The van der Waals surface area contributed by atoms with E-state index >= 15 is 0 Å². The van der Waals surface area contributed by atoms with Crippen LogP contribution in [0.5, 0.6) is 5.75 Å². The van der Waals surface area contributed by atoms with Gasteiger partial charge in [-0.3, -0.25) is 9.59 Å². The van der Waals surface area contributed by atoms with Gasteiger partial charge in [0.25, 0.3) is 0 Å². The molecule has 0 saturated heterocycles. The lowest BCUT2D eigenvalue weighted by Crippen LogP contribution is -2.20. The largest absolute Gasteiger partial charge is 0.495 e. The van der Waals surface area contributed by atoms with E-state index in [9.17, 15) is 14.0 Å². The second-order valence-corrected chi connectivity index (χ2v) is 5.09. The third kappa shape index (κ3) is 6.06. The predicted molar refractivity (Wildman–Crippen MR) is 93.0 cm³/mol. The van der Waals surface area contributed by atoms with E-state index in [4.69, 9.17) is 4.74 Å². The average molecular weight is 343 g/mol. The second-order valence-electron chi connectivity index (χ2n) is 5.09. The molecule has 2 aromatic rings. The lowest BCUT2D eigenvalue weighted by atomic mass is 10.2. The minimum Gasteiger partial charge on any atom is -0.495 e. The van der Waals surface area contributed by atoms with Gasteiger partial charge in [-0.15, -0.1) is 0 Å². The van der Waals surface area contributed by atoms with Gasteiger partial charge in [-0.25, -0.2) is 9.82 Å². The summed E-state index contributed by atoms with van der Waals surface area (Å²) < 4.78 is 17.9. The van der Waals surface area contributed by atoms with Crippen molar-refractivity contribution in [1.82, 2.24) is 5.43 Å². The van der Waals surface area contributed by atoms with E-state index in [1.54, 1.807) is 24.3 Å². The van der Waals surface area contributed by atoms with Crippen LogP contribution in [0.15, 0.2) is 53.6 Å². The minimum absolute atomic E-state index is 0.00987. The third-order valence-electron chi connectivity index (χ3n) is 3.23. The molecule has 0 aliphatic carbocycles. The molecule has 6 nitrogen and oxygen atoms in total. The first-order valence-electron chi connectivity index (χ1n) is 7.59. The summed E-state index contributed by atoms with van der Waals surface area (Å²) in [5.74, 6) is -0.498. The summed E-state index contributed by atoms with van der Waals surface area (Å²) in [6.07, 6.45) is 1.39. The van der Waals surface area contributed by atoms with E-state index in [1.807, 2.05) is 0 Å². The SMILES string of the molecule is COc1ccccc1NC(=O)CCC(=O)NN=Cc1ccc(F)cc1. The Kier molecular flexibility index (Phi) is 6.65. The Morgan fingerprint density at radius 2 is 1.76 bits per heavy atom. The molecule has 0 unspecified atom stereocenters. The first-order valence-corrected chi connectivity index (χ1v) is 7.59. The standard InChI is InChI=1S/C18H18FN3O3/c1-25-16-5-3-2-4-15(16)21-17(23)10-11-18(24)22-20-12-13-6-8-14(19)9-7-13/h2-9,12H,10-11H2,1H3,(H,21,23)(H,22,24). The van der Waals surface area contributed by atoms with Crippen molar-refractivity contribution in [2.75, 3.05) is 12.4 Å². The molecule has 2 N–H and O–H groups in total. The van der Waals surface area contributed by atoms with Crippen molar-refractivity contribution < 1.29 is 18.7 Å². The number of hydrogen-bond acceptors (Lipinski definition) is 4. The van der Waals surface area contributed by atoms with E-state index in [-0.39, 0.29) is 24.6 Å². The molecular formula is C18H18FN3O3. The number of carbonyl (C=O) groups excluding carboxylic acids is 2. The molecule has 0 radical (unpaired) electrons. The summed E-state index contributed by atoms with van der Waals surface area (Å²) in [4.78, 5) is 23.6. The predicted octanol–water partition coefficient (Wildman–Crippen LogP) is 2.70. The molecule has 2 amide bonds. The summed E-state index contributed by atoms with van der Waals surface area (Å²) >= 11 is 0. The van der Waals surface area contributed by atoms with Gasteiger partial charge in [-0.2, -0.15) is 5.10 Å². The maximum absolute atomic E-state index is 12.8. The van der Waals surface area contributed by atoms with Gasteiger partial charge in [0.05, 0.1) is 19.0 Å². The highest BCUT2D eigenvalue weighted by atomic mass is 19.1. The van der Waals surface area contributed by atoms with Gasteiger partial charge in [0.2, 0.25) is 11.8 Å². The maximum Gasteiger partial charge on any atom is 0.240 e. The van der Waals surface area contributed by atoms with Gasteiger partial charge in [0.1, 0.15) is 11.6 Å². The van der Waals surface area contributed by atoms with E-state index in [0.29, 0.717) is 17.0 Å². The van der Waals surface area contributed by atoms with Gasteiger partial charge >= 0.3 is 0 Å². The van der Waals surface area contributed by atoms with Crippen LogP contribution < -0.4 is 15.5 Å². The lowest BCUT2D eigenvalue weighted by Gasteiger charge is -2.09. The summed E-state index contributed by atoms with van der Waals surface area (Å²) in [7, 11) is 1.51. The molecule has 0 aliphatic heterocycles. The van der Waals surface area contributed by atoms with E-state index in [2.05, 4.69) is 15.8 Å². The Bertz CT molecular complexity index is 760. The number of rotatable bonds is 7. The van der Waals surface area contributed by atoms with Gasteiger partial charge in [-0.05, 0) is 29.8 Å². The Labute approximate surface area is 144 Å². The quantitative estimate of drug-likeness (QED) is 0.599. The Morgan fingerprint density at radius 1 is 1.08 bits per heavy atom. The van der Waals surface area contributed by atoms with Crippen LogP contribution in [0.3, 0.4) is 0 Å². The monoisotopic (exact) mass is 343 g/mol. The lowest BCUT2D eigenvalue weighted by molar-refractivity contribution is -0.124. The number of para-hydroxylation sites is 2. The second kappa shape index (κ2) is 9.17. The van der Waals surface area contributed by atoms with Crippen LogP contribution in [0.25, 0.3) is 0 Å². The van der Waals surface area contributed by atoms with Crippen LogP contribution in [-0.2, 0) is 9.59 Å². The average Bonchev–Trinajstić information content (AvgIpc) is 2.62. The van der Waals surface area contributed by atoms with Crippen LogP contribution in [0.2, 0.25) is 0 Å². The van der Waals surface area contributed by atoms with Gasteiger partial charge in [0, 0.05) is 12.8 Å².